The van der Waals surface area contributed by atoms with Gasteiger partial charge in [-0.1, -0.05) is 0 Å². The SMILES string of the molecule is Cc1ccnc(Sc2ncco2)c1C#N. The summed E-state index contributed by atoms with van der Waals surface area (Å²) in [5.74, 6) is 0. The maximum absolute atomic E-state index is 8.97. The molecule has 0 N–H and O–H groups in total. The van der Waals surface area contributed by atoms with Gasteiger partial charge in [-0.3, -0.25) is 0 Å². The number of hydrogen-bond donors (Lipinski definition) is 0. The van der Waals surface area contributed by atoms with Crippen LogP contribution >= 0.6 is 11.8 Å². The van der Waals surface area contributed by atoms with Gasteiger partial charge in [0.05, 0.1) is 11.8 Å². The monoisotopic (exact) mass is 217 g/mol. The lowest BCUT2D eigenvalue weighted by Crippen LogP contribution is -1.89. The van der Waals surface area contributed by atoms with Gasteiger partial charge in [0.1, 0.15) is 17.4 Å². The van der Waals surface area contributed by atoms with E-state index in [-0.39, 0.29) is 0 Å². The zero-order valence-corrected chi connectivity index (χ0v) is 8.78. The van der Waals surface area contributed by atoms with E-state index in [2.05, 4.69) is 16.0 Å². The molecule has 5 heteroatoms. The second-order valence-electron chi connectivity index (χ2n) is 2.82. The average Bonchev–Trinajstić information content (AvgIpc) is 2.71. The number of nitrogens with zero attached hydrogens (tertiary/aromatic N) is 3. The Labute approximate surface area is 91.0 Å². The van der Waals surface area contributed by atoms with Crippen LogP contribution in [0.1, 0.15) is 11.1 Å². The molecule has 0 saturated carbocycles. The molecule has 0 aliphatic rings. The van der Waals surface area contributed by atoms with E-state index in [4.69, 9.17) is 9.68 Å². The van der Waals surface area contributed by atoms with Crippen LogP contribution in [0.5, 0.6) is 0 Å². The molecule has 0 unspecified atom stereocenters. The maximum atomic E-state index is 8.97. The van der Waals surface area contributed by atoms with Crippen LogP contribution in [0.25, 0.3) is 0 Å². The van der Waals surface area contributed by atoms with E-state index in [1.165, 1.54) is 18.0 Å². The van der Waals surface area contributed by atoms with Crippen LogP contribution in [-0.4, -0.2) is 9.97 Å². The van der Waals surface area contributed by atoms with Gasteiger partial charge in [0.15, 0.2) is 0 Å². The van der Waals surface area contributed by atoms with Gasteiger partial charge in [-0.2, -0.15) is 5.26 Å². The highest BCUT2D eigenvalue weighted by atomic mass is 32.2. The van der Waals surface area contributed by atoms with Gasteiger partial charge in [0, 0.05) is 6.20 Å². The number of hydrogen-bond acceptors (Lipinski definition) is 5. The lowest BCUT2D eigenvalue weighted by Gasteiger charge is -2.01. The van der Waals surface area contributed by atoms with Crippen LogP contribution in [-0.2, 0) is 0 Å². The van der Waals surface area contributed by atoms with E-state index in [1.54, 1.807) is 18.5 Å². The maximum Gasteiger partial charge on any atom is 0.262 e. The molecule has 2 aromatic rings. The first-order valence-electron chi connectivity index (χ1n) is 4.24. The van der Waals surface area contributed by atoms with E-state index in [9.17, 15) is 0 Å². The minimum Gasteiger partial charge on any atom is -0.440 e. The largest absolute Gasteiger partial charge is 0.440 e. The van der Waals surface area contributed by atoms with Crippen LogP contribution in [0.4, 0.5) is 0 Å². The van der Waals surface area contributed by atoms with Crippen molar-refractivity contribution in [3.8, 4) is 6.07 Å². The topological polar surface area (TPSA) is 62.7 Å². The minimum atomic E-state index is 0.490. The van der Waals surface area contributed by atoms with E-state index >= 15 is 0 Å². The van der Waals surface area contributed by atoms with E-state index < -0.39 is 0 Å². The van der Waals surface area contributed by atoms with Crippen molar-refractivity contribution in [2.45, 2.75) is 17.2 Å². The van der Waals surface area contributed by atoms with Crippen molar-refractivity contribution in [1.29, 1.82) is 5.26 Å². The lowest BCUT2D eigenvalue weighted by molar-refractivity contribution is 0.454. The Morgan fingerprint density at radius 2 is 2.27 bits per heavy atom. The molecule has 0 fully saturated rings. The van der Waals surface area contributed by atoms with E-state index in [0.717, 1.165) is 5.56 Å². The lowest BCUT2D eigenvalue weighted by atomic mass is 10.2. The van der Waals surface area contributed by atoms with Gasteiger partial charge < -0.3 is 4.42 Å². The Kier molecular flexibility index (Phi) is 2.70. The predicted molar refractivity (Wildman–Crippen MR) is 54.3 cm³/mol. The fourth-order valence-electron chi connectivity index (χ4n) is 1.09. The molecular weight excluding hydrogens is 210 g/mol. The molecule has 0 atom stereocenters. The predicted octanol–water partition coefficient (Wildman–Crippen LogP) is 2.40. The summed E-state index contributed by atoms with van der Waals surface area (Å²) in [7, 11) is 0. The van der Waals surface area contributed by atoms with Gasteiger partial charge in [-0.05, 0) is 30.3 Å². The van der Waals surface area contributed by atoms with Crippen molar-refractivity contribution in [2.75, 3.05) is 0 Å². The van der Waals surface area contributed by atoms with E-state index in [1.807, 2.05) is 6.92 Å². The number of aromatic nitrogens is 2. The molecule has 0 bridgehead atoms. The molecule has 0 aliphatic heterocycles. The highest BCUT2D eigenvalue weighted by Gasteiger charge is 2.10. The number of nitriles is 1. The number of rotatable bonds is 2. The molecule has 0 radical (unpaired) electrons. The molecule has 0 aliphatic carbocycles. The fourth-order valence-corrected chi connectivity index (χ4v) is 1.90. The third-order valence-electron chi connectivity index (χ3n) is 1.83. The number of pyridine rings is 1. The summed E-state index contributed by atoms with van der Waals surface area (Å²) < 4.78 is 5.08. The van der Waals surface area contributed by atoms with E-state index in [0.29, 0.717) is 15.8 Å². The first-order valence-corrected chi connectivity index (χ1v) is 5.06. The summed E-state index contributed by atoms with van der Waals surface area (Å²) in [4.78, 5) is 8.09. The first-order chi connectivity index (χ1) is 7.31. The standard InChI is InChI=1S/C10H7N3OS/c1-7-2-3-12-9(8(7)6-11)15-10-13-4-5-14-10/h2-5H,1H3. The van der Waals surface area contributed by atoms with Crippen LogP contribution in [0.15, 0.2) is 39.4 Å². The summed E-state index contributed by atoms with van der Waals surface area (Å²) in [6, 6.07) is 3.93. The summed E-state index contributed by atoms with van der Waals surface area (Å²) in [6.07, 6.45) is 4.72. The number of aryl methyl sites for hydroxylation is 1. The second kappa shape index (κ2) is 4.15. The van der Waals surface area contributed by atoms with Crippen molar-refractivity contribution in [2.24, 2.45) is 0 Å². The quantitative estimate of drug-likeness (QED) is 0.772. The summed E-state index contributed by atoms with van der Waals surface area (Å²) in [5, 5.41) is 10.1. The second-order valence-corrected chi connectivity index (χ2v) is 3.76. The molecule has 2 rings (SSSR count). The van der Waals surface area contributed by atoms with Crippen molar-refractivity contribution in [3.05, 3.63) is 35.9 Å². The molecule has 2 heterocycles. The Morgan fingerprint density at radius 1 is 1.40 bits per heavy atom. The number of oxazole rings is 1. The zero-order chi connectivity index (χ0) is 10.7. The van der Waals surface area contributed by atoms with Crippen LogP contribution in [0, 0.1) is 18.3 Å². The van der Waals surface area contributed by atoms with Gasteiger partial charge in [-0.25, -0.2) is 9.97 Å². The van der Waals surface area contributed by atoms with Crippen molar-refractivity contribution in [1.82, 2.24) is 9.97 Å². The molecule has 0 amide bonds. The Morgan fingerprint density at radius 3 is 2.93 bits per heavy atom. The third-order valence-corrected chi connectivity index (χ3v) is 2.71. The third kappa shape index (κ3) is 2.00. The fraction of sp³-hybridized carbons (Fsp3) is 0.100. The summed E-state index contributed by atoms with van der Waals surface area (Å²) >= 11 is 1.25. The highest BCUT2D eigenvalue weighted by molar-refractivity contribution is 7.99. The molecule has 0 saturated heterocycles. The molecule has 15 heavy (non-hydrogen) atoms. The smallest absolute Gasteiger partial charge is 0.262 e. The molecule has 74 valence electrons. The molecule has 2 aromatic heterocycles. The van der Waals surface area contributed by atoms with Crippen molar-refractivity contribution >= 4 is 11.8 Å². The van der Waals surface area contributed by atoms with Crippen LogP contribution in [0.2, 0.25) is 0 Å². The summed E-state index contributed by atoms with van der Waals surface area (Å²) in [6.45, 7) is 1.87. The van der Waals surface area contributed by atoms with Gasteiger partial charge >= 0.3 is 0 Å². The average molecular weight is 217 g/mol. The Bertz CT molecular complexity index is 502. The normalized spacial score (nSPS) is 9.87. The first kappa shape index (κ1) is 9.74. The highest BCUT2D eigenvalue weighted by Crippen LogP contribution is 2.28. The Hall–Kier alpha value is -1.80. The molecule has 0 spiro atoms. The zero-order valence-electron chi connectivity index (χ0n) is 7.97. The van der Waals surface area contributed by atoms with Gasteiger partial charge in [0.2, 0.25) is 0 Å². The molecular formula is C10H7N3OS. The minimum absolute atomic E-state index is 0.490. The van der Waals surface area contributed by atoms with Gasteiger partial charge in [-0.15, -0.1) is 0 Å². The van der Waals surface area contributed by atoms with Crippen molar-refractivity contribution in [3.63, 3.8) is 0 Å². The van der Waals surface area contributed by atoms with Crippen LogP contribution in [0.3, 0.4) is 0 Å². The van der Waals surface area contributed by atoms with Crippen molar-refractivity contribution < 1.29 is 4.42 Å². The molecule has 0 aromatic carbocycles. The summed E-state index contributed by atoms with van der Waals surface area (Å²) in [5.41, 5.74) is 1.47. The van der Waals surface area contributed by atoms with Crippen LogP contribution < -0.4 is 0 Å². The Balaban J connectivity index is 2.37. The molecule has 4 nitrogen and oxygen atoms in total. The van der Waals surface area contributed by atoms with Gasteiger partial charge in [0.25, 0.3) is 5.22 Å².